The van der Waals surface area contributed by atoms with Gasteiger partial charge in [-0.1, -0.05) is 6.08 Å². The van der Waals surface area contributed by atoms with E-state index in [-0.39, 0.29) is 11.9 Å². The monoisotopic (exact) mass is 244 g/mol. The fraction of sp³-hybridized carbons (Fsp3) is 0.600. The summed E-state index contributed by atoms with van der Waals surface area (Å²) in [5, 5.41) is 9.38. The Labute approximate surface area is 109 Å². The van der Waals surface area contributed by atoms with Gasteiger partial charge in [0.05, 0.1) is 6.07 Å². The van der Waals surface area contributed by atoms with Gasteiger partial charge >= 0.3 is 0 Å². The standard InChI is InChI=1S/C15H20N2O/c1-11(2)17(3)14(18)15(10-16)9-13(15)12-7-5-4-6-8-12/h7,9,11H,4-6,8H2,1-3H3/t15-/m0/s1. The fourth-order valence-electron chi connectivity index (χ4n) is 2.44. The topological polar surface area (TPSA) is 44.1 Å². The molecule has 0 saturated heterocycles. The summed E-state index contributed by atoms with van der Waals surface area (Å²) in [6.45, 7) is 3.93. The number of carbonyl (C=O) groups excluding carboxylic acids is 1. The highest BCUT2D eigenvalue weighted by Gasteiger charge is 2.54. The Balaban J connectivity index is 2.15. The average Bonchev–Trinajstić information content (AvgIpc) is 3.14. The van der Waals surface area contributed by atoms with Crippen LogP contribution in [0.1, 0.15) is 39.5 Å². The molecule has 0 radical (unpaired) electrons. The second-order valence-electron chi connectivity index (χ2n) is 5.46. The second-order valence-corrected chi connectivity index (χ2v) is 5.46. The van der Waals surface area contributed by atoms with Crippen molar-refractivity contribution in [2.75, 3.05) is 7.05 Å². The third-order valence-corrected chi connectivity index (χ3v) is 3.95. The highest BCUT2D eigenvalue weighted by molar-refractivity contribution is 5.98. The molecule has 0 aromatic carbocycles. The number of nitriles is 1. The molecule has 1 amide bonds. The highest BCUT2D eigenvalue weighted by Crippen LogP contribution is 2.51. The van der Waals surface area contributed by atoms with Gasteiger partial charge in [0.15, 0.2) is 5.41 Å². The largest absolute Gasteiger partial charge is 0.341 e. The summed E-state index contributed by atoms with van der Waals surface area (Å²) in [5.41, 5.74) is 1.22. The molecule has 3 nitrogen and oxygen atoms in total. The molecule has 0 spiro atoms. The Bertz CT molecular complexity index is 467. The van der Waals surface area contributed by atoms with Gasteiger partial charge in [-0.05, 0) is 56.8 Å². The van der Waals surface area contributed by atoms with Crippen molar-refractivity contribution in [1.29, 1.82) is 5.26 Å². The van der Waals surface area contributed by atoms with Crippen molar-refractivity contribution in [2.24, 2.45) is 5.41 Å². The van der Waals surface area contributed by atoms with Gasteiger partial charge in [-0.15, -0.1) is 0 Å². The zero-order valence-corrected chi connectivity index (χ0v) is 11.4. The Morgan fingerprint density at radius 3 is 2.72 bits per heavy atom. The van der Waals surface area contributed by atoms with Crippen LogP contribution in [0.2, 0.25) is 0 Å². The van der Waals surface area contributed by atoms with Crippen molar-refractivity contribution in [3.05, 3.63) is 23.3 Å². The molecule has 0 aromatic rings. The van der Waals surface area contributed by atoms with Crippen LogP contribution in [0, 0.1) is 16.7 Å². The van der Waals surface area contributed by atoms with Crippen LogP contribution >= 0.6 is 0 Å². The van der Waals surface area contributed by atoms with Gasteiger partial charge in [0.2, 0.25) is 0 Å². The van der Waals surface area contributed by atoms with Crippen molar-refractivity contribution in [3.8, 4) is 6.07 Å². The van der Waals surface area contributed by atoms with Crippen LogP contribution in [0.5, 0.6) is 0 Å². The molecule has 2 aliphatic carbocycles. The van der Waals surface area contributed by atoms with Gasteiger partial charge in [-0.3, -0.25) is 4.79 Å². The predicted molar refractivity (Wildman–Crippen MR) is 70.6 cm³/mol. The predicted octanol–water partition coefficient (Wildman–Crippen LogP) is 2.80. The van der Waals surface area contributed by atoms with Crippen LogP contribution < -0.4 is 0 Å². The summed E-state index contributed by atoms with van der Waals surface area (Å²) in [7, 11) is 1.77. The van der Waals surface area contributed by atoms with Crippen LogP contribution in [0.25, 0.3) is 0 Å². The summed E-state index contributed by atoms with van der Waals surface area (Å²) < 4.78 is 0. The lowest BCUT2D eigenvalue weighted by Gasteiger charge is -2.25. The summed E-state index contributed by atoms with van der Waals surface area (Å²) in [5.74, 6) is -0.0820. The Morgan fingerprint density at radius 2 is 2.22 bits per heavy atom. The molecule has 0 saturated carbocycles. The summed E-state index contributed by atoms with van der Waals surface area (Å²) in [6, 6.07) is 2.33. The van der Waals surface area contributed by atoms with E-state index in [0.29, 0.717) is 0 Å². The molecule has 3 heteroatoms. The van der Waals surface area contributed by atoms with Crippen molar-refractivity contribution in [1.82, 2.24) is 4.90 Å². The lowest BCUT2D eigenvalue weighted by atomic mass is 9.90. The van der Waals surface area contributed by atoms with Gasteiger partial charge < -0.3 is 4.90 Å². The van der Waals surface area contributed by atoms with E-state index in [2.05, 4.69) is 12.1 Å². The van der Waals surface area contributed by atoms with Crippen molar-refractivity contribution < 1.29 is 4.79 Å². The number of hydrogen-bond acceptors (Lipinski definition) is 2. The number of rotatable bonds is 3. The molecule has 2 aliphatic rings. The highest BCUT2D eigenvalue weighted by atomic mass is 16.2. The molecule has 1 atom stereocenters. The number of carbonyl (C=O) groups is 1. The number of hydrogen-bond donors (Lipinski definition) is 0. The minimum absolute atomic E-state index is 0.0820. The Hall–Kier alpha value is -1.56. The smallest absolute Gasteiger partial charge is 0.251 e. The van der Waals surface area contributed by atoms with Gasteiger partial charge in [0, 0.05) is 13.1 Å². The summed E-state index contributed by atoms with van der Waals surface area (Å²) in [4.78, 5) is 14.0. The van der Waals surface area contributed by atoms with Crippen LogP contribution in [-0.2, 0) is 4.79 Å². The van der Waals surface area contributed by atoms with Crippen molar-refractivity contribution in [2.45, 2.75) is 45.6 Å². The SMILES string of the molecule is CC(C)N(C)C(=O)[C@]1(C#N)C=C1C1=CCCCC1. The summed E-state index contributed by atoms with van der Waals surface area (Å²) in [6.07, 6.45) is 8.49. The van der Waals surface area contributed by atoms with Gasteiger partial charge in [0.1, 0.15) is 0 Å². The van der Waals surface area contributed by atoms with Crippen LogP contribution in [0.3, 0.4) is 0 Å². The van der Waals surface area contributed by atoms with Crippen LogP contribution in [-0.4, -0.2) is 23.9 Å². The molecule has 0 N–H and O–H groups in total. The zero-order chi connectivity index (χ0) is 13.3. The normalized spacial score (nSPS) is 26.2. The Kier molecular flexibility index (Phi) is 3.30. The number of amides is 1. The minimum atomic E-state index is -0.956. The van der Waals surface area contributed by atoms with Crippen molar-refractivity contribution in [3.63, 3.8) is 0 Å². The number of allylic oxidation sites excluding steroid dienone is 2. The Morgan fingerprint density at radius 1 is 1.50 bits per heavy atom. The van der Waals surface area contributed by atoms with Crippen LogP contribution in [0.4, 0.5) is 0 Å². The van der Waals surface area contributed by atoms with E-state index in [0.717, 1.165) is 18.4 Å². The van der Waals surface area contributed by atoms with E-state index in [1.54, 1.807) is 11.9 Å². The van der Waals surface area contributed by atoms with Gasteiger partial charge in [-0.2, -0.15) is 5.26 Å². The summed E-state index contributed by atoms with van der Waals surface area (Å²) >= 11 is 0. The fourth-order valence-corrected chi connectivity index (χ4v) is 2.44. The first-order valence-electron chi connectivity index (χ1n) is 6.64. The van der Waals surface area contributed by atoms with Gasteiger partial charge in [0.25, 0.3) is 5.91 Å². The molecule has 96 valence electrons. The van der Waals surface area contributed by atoms with Crippen LogP contribution in [0.15, 0.2) is 23.3 Å². The lowest BCUT2D eigenvalue weighted by molar-refractivity contribution is -0.134. The van der Waals surface area contributed by atoms with Crippen molar-refractivity contribution >= 4 is 5.91 Å². The average molecular weight is 244 g/mol. The van der Waals surface area contributed by atoms with E-state index < -0.39 is 5.41 Å². The zero-order valence-electron chi connectivity index (χ0n) is 11.4. The van der Waals surface area contributed by atoms with Gasteiger partial charge in [-0.25, -0.2) is 0 Å². The first kappa shape index (κ1) is 12.9. The molecule has 0 bridgehead atoms. The molecule has 0 heterocycles. The third-order valence-electron chi connectivity index (χ3n) is 3.95. The molecule has 0 unspecified atom stereocenters. The van der Waals surface area contributed by atoms with E-state index >= 15 is 0 Å². The molecule has 2 rings (SSSR count). The molecular weight excluding hydrogens is 224 g/mol. The molecule has 0 fully saturated rings. The molecule has 0 aliphatic heterocycles. The maximum absolute atomic E-state index is 12.4. The molecule has 18 heavy (non-hydrogen) atoms. The van der Waals surface area contributed by atoms with E-state index in [1.807, 2.05) is 19.9 Å². The quantitative estimate of drug-likeness (QED) is 0.766. The third kappa shape index (κ3) is 1.96. The minimum Gasteiger partial charge on any atom is -0.341 e. The van der Waals surface area contributed by atoms with E-state index in [1.165, 1.54) is 18.4 Å². The lowest BCUT2D eigenvalue weighted by Crippen LogP contribution is -2.39. The maximum atomic E-state index is 12.4. The molecular formula is C15H20N2O. The molecule has 0 aromatic heterocycles. The van der Waals surface area contributed by atoms with E-state index in [9.17, 15) is 10.1 Å². The first-order chi connectivity index (χ1) is 8.53. The number of nitrogens with zero attached hydrogens (tertiary/aromatic N) is 2. The maximum Gasteiger partial charge on any atom is 0.251 e. The van der Waals surface area contributed by atoms with E-state index in [4.69, 9.17) is 0 Å². The second kappa shape index (κ2) is 4.61. The first-order valence-corrected chi connectivity index (χ1v) is 6.64.